The van der Waals surface area contributed by atoms with Crippen LogP contribution in [0, 0.1) is 25.2 Å². The number of carbonyl (C=O) groups excluding carboxylic acids is 3. The van der Waals surface area contributed by atoms with Crippen molar-refractivity contribution in [2.75, 3.05) is 11.9 Å². The van der Waals surface area contributed by atoms with Crippen LogP contribution in [0.2, 0.25) is 0 Å². The number of carbonyl (C=O) groups is 3. The van der Waals surface area contributed by atoms with E-state index < -0.39 is 24.4 Å². The van der Waals surface area contributed by atoms with Gasteiger partial charge in [-0.2, -0.15) is 5.26 Å². The molecule has 2 aromatic rings. The zero-order valence-electron chi connectivity index (χ0n) is 17.2. The monoisotopic (exact) mass is 408 g/mol. The van der Waals surface area contributed by atoms with E-state index in [0.29, 0.717) is 11.3 Å². The number of aromatic nitrogens is 1. The minimum absolute atomic E-state index is 0.189. The number of benzene rings is 1. The number of nitrogens with zero attached hydrogens (tertiary/aromatic N) is 2. The lowest BCUT2D eigenvalue weighted by Crippen LogP contribution is -2.21. The summed E-state index contributed by atoms with van der Waals surface area (Å²) in [5.74, 6) is -2.03. The number of ether oxygens (including phenoxy) is 1. The van der Waals surface area contributed by atoms with E-state index in [1.54, 1.807) is 0 Å². The lowest BCUT2D eigenvalue weighted by atomic mass is 10.1. The number of amides is 2. The van der Waals surface area contributed by atoms with Crippen molar-refractivity contribution < 1.29 is 19.1 Å². The standard InChI is InChI=1S/C22H24N4O4/c1-4-9-26-14(2)10-17(15(26)3)11-18(12-23)22(29)30-13-20(27)25-19-7-5-16(6-8-19)21(24)28/h5-8,10-11H,4,9,13H2,1-3H3,(H2,24,28)(H,25,27)/b18-11+. The summed E-state index contributed by atoms with van der Waals surface area (Å²) in [4.78, 5) is 35.3. The highest BCUT2D eigenvalue weighted by atomic mass is 16.5. The fourth-order valence-corrected chi connectivity index (χ4v) is 2.96. The van der Waals surface area contributed by atoms with E-state index in [1.165, 1.54) is 30.3 Å². The van der Waals surface area contributed by atoms with E-state index in [-0.39, 0.29) is 5.57 Å². The summed E-state index contributed by atoms with van der Waals surface area (Å²) in [6, 6.07) is 9.68. The quantitative estimate of drug-likeness (QED) is 0.394. The Morgan fingerprint density at radius 3 is 2.47 bits per heavy atom. The number of esters is 1. The summed E-state index contributed by atoms with van der Waals surface area (Å²) in [7, 11) is 0. The first kappa shape index (κ1) is 22.4. The number of nitriles is 1. The minimum atomic E-state index is -0.878. The normalized spacial score (nSPS) is 10.9. The van der Waals surface area contributed by atoms with Crippen LogP contribution in [-0.2, 0) is 20.9 Å². The molecule has 0 radical (unpaired) electrons. The fourth-order valence-electron chi connectivity index (χ4n) is 2.96. The van der Waals surface area contributed by atoms with E-state index in [2.05, 4.69) is 16.8 Å². The Bertz CT molecular complexity index is 1030. The van der Waals surface area contributed by atoms with Crippen molar-refractivity contribution in [1.29, 1.82) is 5.26 Å². The van der Waals surface area contributed by atoms with Gasteiger partial charge in [-0.25, -0.2) is 4.79 Å². The van der Waals surface area contributed by atoms with Gasteiger partial charge in [0.25, 0.3) is 5.91 Å². The molecular formula is C22H24N4O4. The molecule has 1 aromatic carbocycles. The van der Waals surface area contributed by atoms with Gasteiger partial charge in [-0.1, -0.05) is 6.92 Å². The molecule has 0 saturated carbocycles. The molecular weight excluding hydrogens is 384 g/mol. The average Bonchev–Trinajstić information content (AvgIpc) is 2.98. The molecule has 0 aliphatic carbocycles. The van der Waals surface area contributed by atoms with E-state index >= 15 is 0 Å². The highest BCUT2D eigenvalue weighted by Gasteiger charge is 2.15. The van der Waals surface area contributed by atoms with Crippen molar-refractivity contribution in [3.63, 3.8) is 0 Å². The maximum absolute atomic E-state index is 12.2. The zero-order valence-corrected chi connectivity index (χ0v) is 17.2. The summed E-state index contributed by atoms with van der Waals surface area (Å²) < 4.78 is 7.08. The molecule has 156 valence electrons. The molecule has 1 heterocycles. The molecule has 0 saturated heterocycles. The lowest BCUT2D eigenvalue weighted by Gasteiger charge is -2.07. The lowest BCUT2D eigenvalue weighted by molar-refractivity contribution is -0.142. The number of hydrogen-bond acceptors (Lipinski definition) is 5. The van der Waals surface area contributed by atoms with E-state index in [4.69, 9.17) is 10.5 Å². The second-order valence-corrected chi connectivity index (χ2v) is 6.71. The summed E-state index contributed by atoms with van der Waals surface area (Å²) in [5.41, 5.74) is 8.44. The van der Waals surface area contributed by atoms with Crippen molar-refractivity contribution in [1.82, 2.24) is 4.57 Å². The van der Waals surface area contributed by atoms with Crippen LogP contribution in [0.1, 0.15) is 40.7 Å². The van der Waals surface area contributed by atoms with E-state index in [0.717, 1.165) is 29.9 Å². The van der Waals surface area contributed by atoms with Gasteiger partial charge in [-0.05, 0) is 62.2 Å². The highest BCUT2D eigenvalue weighted by Crippen LogP contribution is 2.19. The Balaban J connectivity index is 2.01. The van der Waals surface area contributed by atoms with Crippen molar-refractivity contribution in [2.45, 2.75) is 33.7 Å². The molecule has 8 heteroatoms. The van der Waals surface area contributed by atoms with Gasteiger partial charge in [0, 0.05) is 29.2 Å². The molecule has 0 unspecified atom stereocenters. The molecule has 0 aliphatic rings. The number of nitrogens with one attached hydrogen (secondary N) is 1. The average molecular weight is 408 g/mol. The first-order chi connectivity index (χ1) is 14.3. The van der Waals surface area contributed by atoms with Crippen LogP contribution >= 0.6 is 0 Å². The van der Waals surface area contributed by atoms with Gasteiger partial charge in [0.15, 0.2) is 6.61 Å². The van der Waals surface area contributed by atoms with Gasteiger partial charge < -0.3 is 20.4 Å². The first-order valence-corrected chi connectivity index (χ1v) is 9.42. The third kappa shape index (κ3) is 5.58. The Morgan fingerprint density at radius 1 is 1.23 bits per heavy atom. The number of rotatable bonds is 8. The number of hydrogen-bond donors (Lipinski definition) is 2. The van der Waals surface area contributed by atoms with Crippen molar-refractivity contribution in [2.24, 2.45) is 5.73 Å². The molecule has 0 fully saturated rings. The molecule has 2 amide bonds. The van der Waals surface area contributed by atoms with Gasteiger partial charge in [0.05, 0.1) is 0 Å². The third-order valence-electron chi connectivity index (χ3n) is 4.49. The summed E-state index contributed by atoms with van der Waals surface area (Å²) >= 11 is 0. The minimum Gasteiger partial charge on any atom is -0.451 e. The topological polar surface area (TPSA) is 127 Å². The highest BCUT2D eigenvalue weighted by molar-refractivity contribution is 6.00. The second-order valence-electron chi connectivity index (χ2n) is 6.71. The molecule has 3 N–H and O–H groups in total. The molecule has 0 atom stereocenters. The summed E-state index contributed by atoms with van der Waals surface area (Å²) in [6.45, 7) is 6.25. The number of aryl methyl sites for hydroxylation is 1. The van der Waals surface area contributed by atoms with Crippen LogP contribution in [0.15, 0.2) is 35.9 Å². The number of nitrogens with two attached hydrogens (primary N) is 1. The predicted octanol–water partition coefficient (Wildman–Crippen LogP) is 2.70. The van der Waals surface area contributed by atoms with Crippen LogP contribution in [0.25, 0.3) is 6.08 Å². The molecule has 0 spiro atoms. The molecule has 1 aromatic heterocycles. The van der Waals surface area contributed by atoms with Crippen molar-refractivity contribution >= 4 is 29.5 Å². The Kier molecular flexibility index (Phi) is 7.53. The molecule has 30 heavy (non-hydrogen) atoms. The van der Waals surface area contributed by atoms with E-state index in [9.17, 15) is 19.6 Å². The van der Waals surface area contributed by atoms with Gasteiger partial charge in [0.1, 0.15) is 11.6 Å². The van der Waals surface area contributed by atoms with Crippen LogP contribution in [0.4, 0.5) is 5.69 Å². The Hall–Kier alpha value is -3.86. The molecule has 2 rings (SSSR count). The summed E-state index contributed by atoms with van der Waals surface area (Å²) in [6.07, 6.45) is 2.43. The van der Waals surface area contributed by atoms with Gasteiger partial charge >= 0.3 is 5.97 Å². The SMILES string of the molecule is CCCn1c(C)cc(/C=C(\C#N)C(=O)OCC(=O)Nc2ccc(C(N)=O)cc2)c1C. The van der Waals surface area contributed by atoms with Crippen LogP contribution in [0.3, 0.4) is 0 Å². The fraction of sp³-hybridized carbons (Fsp3) is 0.273. The maximum Gasteiger partial charge on any atom is 0.349 e. The molecule has 8 nitrogen and oxygen atoms in total. The number of primary amides is 1. The predicted molar refractivity (Wildman–Crippen MR) is 112 cm³/mol. The third-order valence-corrected chi connectivity index (χ3v) is 4.49. The summed E-state index contributed by atoms with van der Waals surface area (Å²) in [5, 5.41) is 11.9. The van der Waals surface area contributed by atoms with Crippen molar-refractivity contribution in [3.8, 4) is 6.07 Å². The Morgan fingerprint density at radius 2 is 1.90 bits per heavy atom. The van der Waals surface area contributed by atoms with E-state index in [1.807, 2.05) is 26.0 Å². The number of anilines is 1. The van der Waals surface area contributed by atoms with Gasteiger partial charge in [-0.15, -0.1) is 0 Å². The van der Waals surface area contributed by atoms with Gasteiger partial charge in [0.2, 0.25) is 5.91 Å². The Labute approximate surface area is 174 Å². The molecule has 0 bridgehead atoms. The van der Waals surface area contributed by atoms with Crippen LogP contribution in [-0.4, -0.2) is 29.0 Å². The second kappa shape index (κ2) is 10.1. The van der Waals surface area contributed by atoms with Crippen LogP contribution < -0.4 is 11.1 Å². The molecule has 0 aliphatic heterocycles. The maximum atomic E-state index is 12.2. The van der Waals surface area contributed by atoms with Gasteiger partial charge in [-0.3, -0.25) is 9.59 Å². The first-order valence-electron chi connectivity index (χ1n) is 9.42. The smallest absolute Gasteiger partial charge is 0.349 e. The van der Waals surface area contributed by atoms with Crippen LogP contribution in [0.5, 0.6) is 0 Å². The largest absolute Gasteiger partial charge is 0.451 e. The zero-order chi connectivity index (χ0) is 22.3. The van der Waals surface area contributed by atoms with Crippen molar-refractivity contribution in [3.05, 3.63) is 58.4 Å².